The number of halogens is 4. The lowest BCUT2D eigenvalue weighted by molar-refractivity contribution is 0.0677. The predicted molar refractivity (Wildman–Crippen MR) is 50.7 cm³/mol. The fourth-order valence-electron chi connectivity index (χ4n) is 1.01. The lowest BCUT2D eigenvalue weighted by atomic mass is 10.1. The molecule has 15 heavy (non-hydrogen) atoms. The molecule has 1 N–H and O–H groups in total. The highest BCUT2D eigenvalue weighted by molar-refractivity contribution is 6.33. The van der Waals surface area contributed by atoms with Crippen LogP contribution < -0.4 is 0 Å². The molecule has 1 heterocycles. The fourth-order valence-corrected chi connectivity index (χ4v) is 1.57. The third-order valence-electron chi connectivity index (χ3n) is 1.69. The second kappa shape index (κ2) is 4.72. The van der Waals surface area contributed by atoms with Gasteiger partial charge in [0.1, 0.15) is 0 Å². The molecule has 0 bridgehead atoms. The van der Waals surface area contributed by atoms with Gasteiger partial charge in [0.2, 0.25) is 0 Å². The smallest absolute Gasteiger partial charge is 0.355 e. The van der Waals surface area contributed by atoms with E-state index in [4.69, 9.17) is 28.3 Å². The lowest BCUT2D eigenvalue weighted by Gasteiger charge is -2.09. The summed E-state index contributed by atoms with van der Waals surface area (Å²) < 4.78 is 25.1. The van der Waals surface area contributed by atoms with E-state index in [-0.39, 0.29) is 16.5 Å². The summed E-state index contributed by atoms with van der Waals surface area (Å²) in [6.07, 6.45) is -1.93. The topological polar surface area (TPSA) is 50.2 Å². The summed E-state index contributed by atoms with van der Waals surface area (Å²) in [7, 11) is 0. The van der Waals surface area contributed by atoms with Gasteiger partial charge in [-0.05, 0) is 0 Å². The van der Waals surface area contributed by atoms with Gasteiger partial charge in [-0.25, -0.2) is 18.6 Å². The number of nitrogens with zero attached hydrogens (tertiary/aromatic N) is 1. The Morgan fingerprint density at radius 1 is 1.60 bits per heavy atom. The summed E-state index contributed by atoms with van der Waals surface area (Å²) in [5, 5.41) is 8.27. The Balaban J connectivity index is 3.44. The van der Waals surface area contributed by atoms with Crippen molar-refractivity contribution in [2.75, 3.05) is 0 Å². The molecule has 3 nitrogen and oxygen atoms in total. The summed E-state index contributed by atoms with van der Waals surface area (Å²) in [6.45, 7) is 0. The number of carbonyl (C=O) groups is 1. The Bertz CT molecular complexity index is 398. The fraction of sp³-hybridized carbons (Fsp3) is 0.250. The van der Waals surface area contributed by atoms with Crippen molar-refractivity contribution >= 4 is 29.2 Å². The van der Waals surface area contributed by atoms with E-state index in [1.54, 1.807) is 0 Å². The summed E-state index contributed by atoms with van der Waals surface area (Å²) in [6, 6.07) is 0. The van der Waals surface area contributed by atoms with Crippen molar-refractivity contribution in [3.05, 3.63) is 28.0 Å². The van der Waals surface area contributed by atoms with Gasteiger partial charge in [-0.1, -0.05) is 11.6 Å². The number of hydrogen-bond donors (Lipinski definition) is 1. The molecule has 0 fully saturated rings. The van der Waals surface area contributed by atoms with Crippen molar-refractivity contribution in [3.63, 3.8) is 0 Å². The number of aromatic carboxylic acids is 1. The first kappa shape index (κ1) is 12.1. The maximum atomic E-state index is 12.5. The summed E-state index contributed by atoms with van der Waals surface area (Å²) in [5.74, 6) is -1.65. The van der Waals surface area contributed by atoms with Crippen LogP contribution in [-0.2, 0) is 5.88 Å². The Morgan fingerprint density at radius 2 is 2.20 bits per heavy atom. The van der Waals surface area contributed by atoms with Gasteiger partial charge >= 0.3 is 5.97 Å². The molecule has 0 saturated heterocycles. The number of aromatic nitrogens is 1. The molecule has 0 aromatic carbocycles. The molecular formula is C8H5Cl2F2NO2. The lowest BCUT2D eigenvalue weighted by Crippen LogP contribution is -2.08. The van der Waals surface area contributed by atoms with Crippen molar-refractivity contribution in [1.29, 1.82) is 0 Å². The van der Waals surface area contributed by atoms with Crippen molar-refractivity contribution < 1.29 is 18.7 Å². The van der Waals surface area contributed by atoms with Crippen LogP contribution in [0.4, 0.5) is 8.78 Å². The van der Waals surface area contributed by atoms with Gasteiger partial charge in [0, 0.05) is 11.8 Å². The van der Waals surface area contributed by atoms with Crippen LogP contribution in [-0.4, -0.2) is 16.1 Å². The number of carboxylic acid groups (broad SMARTS) is 1. The normalized spacial score (nSPS) is 10.7. The molecule has 0 aliphatic heterocycles. The third-order valence-corrected chi connectivity index (χ3v) is 2.42. The van der Waals surface area contributed by atoms with E-state index < -0.39 is 23.7 Å². The highest BCUT2D eigenvalue weighted by Crippen LogP contribution is 2.32. The Kier molecular flexibility index (Phi) is 3.82. The SMILES string of the molecule is O=C(O)c1ncc(CCl)c(Cl)c1C(F)F. The maximum Gasteiger partial charge on any atom is 0.355 e. The second-order valence-corrected chi connectivity index (χ2v) is 3.24. The monoisotopic (exact) mass is 255 g/mol. The molecule has 82 valence electrons. The summed E-state index contributed by atoms with van der Waals surface area (Å²) in [5.41, 5.74) is -1.36. The molecule has 1 rings (SSSR count). The van der Waals surface area contributed by atoms with E-state index >= 15 is 0 Å². The minimum absolute atomic E-state index is 0.106. The van der Waals surface area contributed by atoms with Gasteiger partial charge in [-0.2, -0.15) is 0 Å². The van der Waals surface area contributed by atoms with Gasteiger partial charge in [0.15, 0.2) is 5.69 Å². The standard InChI is InChI=1S/C8H5Cl2F2NO2/c9-1-3-2-13-6(8(14)15)4(5(3)10)7(11)12/h2,7H,1H2,(H,14,15). The Labute approximate surface area is 93.6 Å². The van der Waals surface area contributed by atoms with E-state index in [9.17, 15) is 13.6 Å². The molecule has 0 spiro atoms. The van der Waals surface area contributed by atoms with Gasteiger partial charge in [-0.15, -0.1) is 11.6 Å². The molecule has 0 unspecified atom stereocenters. The van der Waals surface area contributed by atoms with Crippen LogP contribution in [0.25, 0.3) is 0 Å². The van der Waals surface area contributed by atoms with Gasteiger partial charge < -0.3 is 5.11 Å². The number of carboxylic acids is 1. The highest BCUT2D eigenvalue weighted by atomic mass is 35.5. The molecule has 1 aromatic heterocycles. The van der Waals surface area contributed by atoms with Crippen LogP contribution in [0.15, 0.2) is 6.20 Å². The van der Waals surface area contributed by atoms with Crippen molar-refractivity contribution in [2.24, 2.45) is 0 Å². The molecule has 0 radical (unpaired) electrons. The van der Waals surface area contributed by atoms with Crippen LogP contribution >= 0.6 is 23.2 Å². The van der Waals surface area contributed by atoms with Crippen LogP contribution in [0, 0.1) is 0 Å². The second-order valence-electron chi connectivity index (χ2n) is 2.60. The number of alkyl halides is 3. The maximum absolute atomic E-state index is 12.5. The first-order valence-electron chi connectivity index (χ1n) is 3.73. The van der Waals surface area contributed by atoms with E-state index in [0.717, 1.165) is 6.20 Å². The number of pyridine rings is 1. The Morgan fingerprint density at radius 3 is 2.60 bits per heavy atom. The van der Waals surface area contributed by atoms with E-state index in [1.165, 1.54) is 0 Å². The summed E-state index contributed by atoms with van der Waals surface area (Å²) in [4.78, 5) is 14.0. The van der Waals surface area contributed by atoms with Crippen LogP contribution in [0.2, 0.25) is 5.02 Å². The molecule has 1 aromatic rings. The zero-order valence-electron chi connectivity index (χ0n) is 7.18. The van der Waals surface area contributed by atoms with Gasteiger partial charge in [-0.3, -0.25) is 0 Å². The first-order valence-corrected chi connectivity index (χ1v) is 4.65. The minimum atomic E-state index is -3.00. The molecule has 7 heteroatoms. The molecular weight excluding hydrogens is 251 g/mol. The van der Waals surface area contributed by atoms with Crippen molar-refractivity contribution in [3.8, 4) is 0 Å². The molecule has 0 aliphatic carbocycles. The zero-order chi connectivity index (χ0) is 11.6. The van der Waals surface area contributed by atoms with E-state index in [1.807, 2.05) is 0 Å². The molecule has 0 saturated carbocycles. The predicted octanol–water partition coefficient (Wildman–Crippen LogP) is 3.11. The molecule has 0 aliphatic rings. The van der Waals surface area contributed by atoms with Crippen LogP contribution in [0.5, 0.6) is 0 Å². The van der Waals surface area contributed by atoms with Gasteiger partial charge in [0.05, 0.1) is 16.5 Å². The first-order chi connectivity index (χ1) is 6.99. The molecule has 0 atom stereocenters. The van der Waals surface area contributed by atoms with E-state index in [0.29, 0.717) is 0 Å². The van der Waals surface area contributed by atoms with Crippen LogP contribution in [0.1, 0.15) is 28.0 Å². The Hall–Kier alpha value is -0.940. The average Bonchev–Trinajstić information content (AvgIpc) is 2.16. The van der Waals surface area contributed by atoms with Gasteiger partial charge in [0.25, 0.3) is 6.43 Å². The van der Waals surface area contributed by atoms with Crippen LogP contribution in [0.3, 0.4) is 0 Å². The quantitative estimate of drug-likeness (QED) is 0.845. The zero-order valence-corrected chi connectivity index (χ0v) is 8.69. The highest BCUT2D eigenvalue weighted by Gasteiger charge is 2.24. The largest absolute Gasteiger partial charge is 0.476 e. The summed E-state index contributed by atoms with van der Waals surface area (Å²) >= 11 is 11.0. The van der Waals surface area contributed by atoms with Crippen molar-refractivity contribution in [2.45, 2.75) is 12.3 Å². The van der Waals surface area contributed by atoms with E-state index in [2.05, 4.69) is 4.98 Å². The number of rotatable bonds is 3. The third kappa shape index (κ3) is 2.35. The minimum Gasteiger partial charge on any atom is -0.476 e. The molecule has 0 amide bonds. The number of hydrogen-bond acceptors (Lipinski definition) is 2. The average molecular weight is 256 g/mol. The van der Waals surface area contributed by atoms with Crippen molar-refractivity contribution in [1.82, 2.24) is 4.98 Å².